The molecule has 0 unspecified atom stereocenters. The molecule has 0 radical (unpaired) electrons. The second kappa shape index (κ2) is 15.2. The lowest BCUT2D eigenvalue weighted by Crippen LogP contribution is -2.02. The lowest BCUT2D eigenvalue weighted by atomic mass is 9.95. The first-order valence-electron chi connectivity index (χ1n) is 13.3. The van der Waals surface area contributed by atoms with Gasteiger partial charge in [0.1, 0.15) is 5.75 Å². The largest absolute Gasteiger partial charge is 0.504 e. The monoisotopic (exact) mass is 588 g/mol. The summed E-state index contributed by atoms with van der Waals surface area (Å²) in [5.41, 5.74) is 2.58. The van der Waals surface area contributed by atoms with Gasteiger partial charge >= 0.3 is 0 Å². The molecule has 3 rings (SSSR count). The molecule has 226 valence electrons. The number of phenols is 2. The van der Waals surface area contributed by atoms with E-state index in [0.29, 0.717) is 33.9 Å². The SMILES string of the molecule is COc1cc(C=CC(=O)CC(=O)C=Cc2cc(OC)c(O)c([C@@H](C)C=Cc3cc(OC)c(OC)cc3OC)c2)ccc1O. The first kappa shape index (κ1) is 32.3. The number of allylic oxidation sites excluding steroid dienone is 3. The number of hydrogen-bond donors (Lipinski definition) is 2. The number of hydrogen-bond acceptors (Lipinski definition) is 9. The van der Waals surface area contributed by atoms with Crippen molar-refractivity contribution < 1.29 is 43.5 Å². The van der Waals surface area contributed by atoms with Crippen LogP contribution in [0.2, 0.25) is 0 Å². The summed E-state index contributed by atoms with van der Waals surface area (Å²) in [6.45, 7) is 1.91. The van der Waals surface area contributed by atoms with Crippen LogP contribution in [-0.4, -0.2) is 57.3 Å². The fourth-order valence-electron chi connectivity index (χ4n) is 4.25. The molecule has 3 aromatic rings. The predicted octanol–water partition coefficient (Wildman–Crippen LogP) is 6.21. The molecule has 9 heteroatoms. The van der Waals surface area contributed by atoms with E-state index in [-0.39, 0.29) is 46.9 Å². The highest BCUT2D eigenvalue weighted by Crippen LogP contribution is 2.39. The number of ether oxygens (including phenoxy) is 5. The van der Waals surface area contributed by atoms with Crippen LogP contribution in [-0.2, 0) is 9.59 Å². The third kappa shape index (κ3) is 8.42. The van der Waals surface area contributed by atoms with E-state index in [9.17, 15) is 19.8 Å². The van der Waals surface area contributed by atoms with E-state index in [4.69, 9.17) is 23.7 Å². The van der Waals surface area contributed by atoms with Crippen molar-refractivity contribution >= 4 is 29.8 Å². The molecule has 0 aliphatic carbocycles. The Kier molecular flexibility index (Phi) is 11.4. The van der Waals surface area contributed by atoms with Gasteiger partial charge in [0.25, 0.3) is 0 Å². The van der Waals surface area contributed by atoms with E-state index in [1.54, 1.807) is 69.9 Å². The van der Waals surface area contributed by atoms with E-state index in [1.807, 2.05) is 19.1 Å². The maximum absolute atomic E-state index is 12.5. The summed E-state index contributed by atoms with van der Waals surface area (Å²) < 4.78 is 26.7. The highest BCUT2D eigenvalue weighted by atomic mass is 16.5. The summed E-state index contributed by atoms with van der Waals surface area (Å²) in [7, 11) is 7.54. The van der Waals surface area contributed by atoms with Crippen LogP contribution in [0.25, 0.3) is 18.2 Å². The Morgan fingerprint density at radius 2 is 1.23 bits per heavy atom. The average Bonchev–Trinajstić information content (AvgIpc) is 3.01. The lowest BCUT2D eigenvalue weighted by molar-refractivity contribution is -0.121. The van der Waals surface area contributed by atoms with Gasteiger partial charge in [0.15, 0.2) is 46.1 Å². The molecule has 0 aliphatic heterocycles. The topological polar surface area (TPSA) is 121 Å². The zero-order valence-corrected chi connectivity index (χ0v) is 25.0. The smallest absolute Gasteiger partial charge is 0.164 e. The Labute approximate surface area is 251 Å². The number of rotatable bonds is 14. The van der Waals surface area contributed by atoms with Gasteiger partial charge in [-0.05, 0) is 53.6 Å². The number of methoxy groups -OCH3 is 5. The van der Waals surface area contributed by atoms with Crippen LogP contribution in [0.5, 0.6) is 40.2 Å². The van der Waals surface area contributed by atoms with Crippen molar-refractivity contribution in [3.8, 4) is 40.2 Å². The van der Waals surface area contributed by atoms with Crippen LogP contribution in [0.3, 0.4) is 0 Å². The van der Waals surface area contributed by atoms with E-state index in [1.165, 1.54) is 32.4 Å². The molecule has 0 bridgehead atoms. The number of aromatic hydroxyl groups is 2. The molecule has 2 N–H and O–H groups in total. The normalized spacial score (nSPS) is 12.0. The first-order valence-corrected chi connectivity index (χ1v) is 13.3. The quantitative estimate of drug-likeness (QED) is 0.167. The average molecular weight is 589 g/mol. The molecule has 0 saturated carbocycles. The molecular weight excluding hydrogens is 552 g/mol. The van der Waals surface area contributed by atoms with Crippen LogP contribution >= 0.6 is 0 Å². The highest BCUT2D eigenvalue weighted by molar-refractivity contribution is 6.10. The summed E-state index contributed by atoms with van der Waals surface area (Å²) in [4.78, 5) is 24.9. The Morgan fingerprint density at radius 3 is 1.84 bits per heavy atom. The fraction of sp³-hybridized carbons (Fsp3) is 0.235. The molecule has 9 nitrogen and oxygen atoms in total. The number of benzene rings is 3. The van der Waals surface area contributed by atoms with Gasteiger partial charge in [0, 0.05) is 23.1 Å². The first-order chi connectivity index (χ1) is 20.6. The van der Waals surface area contributed by atoms with Gasteiger partial charge in [-0.1, -0.05) is 37.3 Å². The lowest BCUT2D eigenvalue weighted by Gasteiger charge is -2.15. The van der Waals surface area contributed by atoms with Crippen LogP contribution in [0.1, 0.15) is 41.5 Å². The van der Waals surface area contributed by atoms with Gasteiger partial charge in [-0.3, -0.25) is 9.59 Å². The van der Waals surface area contributed by atoms with Crippen molar-refractivity contribution in [1.29, 1.82) is 0 Å². The summed E-state index contributed by atoms with van der Waals surface area (Å²) in [5.74, 6) is 1.14. The number of phenolic OH excluding ortho intramolecular Hbond substituents is 2. The molecule has 3 aromatic carbocycles. The number of ketones is 2. The molecule has 0 aromatic heterocycles. The van der Waals surface area contributed by atoms with Crippen molar-refractivity contribution in [3.05, 3.63) is 82.9 Å². The van der Waals surface area contributed by atoms with Crippen molar-refractivity contribution in [3.63, 3.8) is 0 Å². The van der Waals surface area contributed by atoms with Gasteiger partial charge in [-0.2, -0.15) is 0 Å². The van der Waals surface area contributed by atoms with E-state index >= 15 is 0 Å². The van der Waals surface area contributed by atoms with Gasteiger partial charge in [0.05, 0.1) is 42.0 Å². The molecule has 0 fully saturated rings. The van der Waals surface area contributed by atoms with E-state index in [2.05, 4.69) is 0 Å². The minimum Gasteiger partial charge on any atom is -0.504 e. The van der Waals surface area contributed by atoms with Gasteiger partial charge in [0.2, 0.25) is 0 Å². The molecule has 0 aliphatic rings. The van der Waals surface area contributed by atoms with Crippen LogP contribution in [0.15, 0.2) is 60.7 Å². The molecule has 1 atom stereocenters. The van der Waals surface area contributed by atoms with Crippen molar-refractivity contribution in [1.82, 2.24) is 0 Å². The third-order valence-corrected chi connectivity index (χ3v) is 6.61. The summed E-state index contributed by atoms with van der Waals surface area (Å²) in [6.07, 6.45) is 9.17. The van der Waals surface area contributed by atoms with E-state index in [0.717, 1.165) is 5.56 Å². The number of carbonyl (C=O) groups is 2. The second-order valence-corrected chi connectivity index (χ2v) is 9.47. The zero-order chi connectivity index (χ0) is 31.5. The third-order valence-electron chi connectivity index (χ3n) is 6.61. The predicted molar refractivity (Wildman–Crippen MR) is 166 cm³/mol. The van der Waals surface area contributed by atoms with Crippen molar-refractivity contribution in [2.75, 3.05) is 35.5 Å². The maximum Gasteiger partial charge on any atom is 0.164 e. The molecule has 0 amide bonds. The zero-order valence-electron chi connectivity index (χ0n) is 25.0. The van der Waals surface area contributed by atoms with Gasteiger partial charge < -0.3 is 33.9 Å². The van der Waals surface area contributed by atoms with Gasteiger partial charge in [-0.15, -0.1) is 0 Å². The van der Waals surface area contributed by atoms with Crippen LogP contribution < -0.4 is 23.7 Å². The highest BCUT2D eigenvalue weighted by Gasteiger charge is 2.16. The van der Waals surface area contributed by atoms with Crippen molar-refractivity contribution in [2.45, 2.75) is 19.3 Å². The summed E-state index contributed by atoms with van der Waals surface area (Å²) >= 11 is 0. The minimum absolute atomic E-state index is 0.0103. The second-order valence-electron chi connectivity index (χ2n) is 9.47. The van der Waals surface area contributed by atoms with Crippen molar-refractivity contribution in [2.24, 2.45) is 0 Å². The number of carbonyl (C=O) groups excluding carboxylic acids is 2. The summed E-state index contributed by atoms with van der Waals surface area (Å²) in [6, 6.07) is 11.6. The molecular formula is C34H36O9. The molecule has 0 saturated heterocycles. The van der Waals surface area contributed by atoms with E-state index < -0.39 is 0 Å². The standard InChI is InChI=1S/C34H36O9/c1-21(7-11-24-18-31(41-4)32(42-5)20-29(24)39-2)27-15-23(17-33(43-6)34(27)38)9-13-26(36)19-25(35)12-8-22-10-14-28(37)30(16-22)40-3/h7-18,20-21,37-38H,19H2,1-6H3/t21-/m0/s1. The maximum atomic E-state index is 12.5. The van der Waals surface area contributed by atoms with Crippen LogP contribution in [0.4, 0.5) is 0 Å². The molecule has 0 spiro atoms. The Hall–Kier alpha value is -5.18. The molecule has 0 heterocycles. The van der Waals surface area contributed by atoms with Crippen LogP contribution in [0, 0.1) is 0 Å². The minimum atomic E-state index is -0.389. The Balaban J connectivity index is 1.77. The van der Waals surface area contributed by atoms with Gasteiger partial charge in [-0.25, -0.2) is 0 Å². The summed E-state index contributed by atoms with van der Waals surface area (Å²) in [5, 5.41) is 20.5. The Bertz CT molecular complexity index is 1550. The Morgan fingerprint density at radius 1 is 0.674 bits per heavy atom. The fourth-order valence-corrected chi connectivity index (χ4v) is 4.25. The molecule has 43 heavy (non-hydrogen) atoms.